The summed E-state index contributed by atoms with van der Waals surface area (Å²) in [6.45, 7) is 3.62. The standard InChI is InChI=1S/C19H26N2O3S/c1-16(22)18-10-6-11-19(14-18)25(23,24)20-12-7-13-21(2)15-17-8-4-3-5-9-17/h3-6,8-11,14,16,20,22H,7,12-13,15H2,1-2H3. The average molecular weight is 362 g/mol. The maximum Gasteiger partial charge on any atom is 0.240 e. The average Bonchev–Trinajstić information content (AvgIpc) is 2.60. The first-order valence-corrected chi connectivity index (χ1v) is 9.87. The number of aliphatic hydroxyl groups excluding tert-OH is 1. The van der Waals surface area contributed by atoms with Gasteiger partial charge in [0.15, 0.2) is 0 Å². The highest BCUT2D eigenvalue weighted by atomic mass is 32.2. The summed E-state index contributed by atoms with van der Waals surface area (Å²) in [6.07, 6.45) is 0.0281. The van der Waals surface area contributed by atoms with Crippen molar-refractivity contribution >= 4 is 10.0 Å². The number of benzene rings is 2. The van der Waals surface area contributed by atoms with Crippen LogP contribution in [-0.2, 0) is 16.6 Å². The van der Waals surface area contributed by atoms with Crippen LogP contribution < -0.4 is 4.72 Å². The molecule has 2 N–H and O–H groups in total. The fraction of sp³-hybridized carbons (Fsp3) is 0.368. The summed E-state index contributed by atoms with van der Waals surface area (Å²) in [5.74, 6) is 0. The Hall–Kier alpha value is -1.73. The van der Waals surface area contributed by atoms with Crippen molar-refractivity contribution < 1.29 is 13.5 Å². The van der Waals surface area contributed by atoms with Gasteiger partial charge in [0.25, 0.3) is 0 Å². The van der Waals surface area contributed by atoms with Gasteiger partial charge in [0.1, 0.15) is 0 Å². The summed E-state index contributed by atoms with van der Waals surface area (Å²) in [5, 5.41) is 9.59. The van der Waals surface area contributed by atoms with Crippen LogP contribution in [0.5, 0.6) is 0 Å². The Labute approximate surface area is 150 Å². The lowest BCUT2D eigenvalue weighted by molar-refractivity contribution is 0.199. The van der Waals surface area contributed by atoms with Gasteiger partial charge < -0.3 is 10.0 Å². The summed E-state index contributed by atoms with van der Waals surface area (Å²) < 4.78 is 27.3. The first-order valence-electron chi connectivity index (χ1n) is 8.38. The van der Waals surface area contributed by atoms with Gasteiger partial charge in [-0.15, -0.1) is 0 Å². The smallest absolute Gasteiger partial charge is 0.240 e. The fourth-order valence-corrected chi connectivity index (χ4v) is 3.68. The zero-order chi connectivity index (χ0) is 18.3. The van der Waals surface area contributed by atoms with Crippen molar-refractivity contribution in [2.75, 3.05) is 20.1 Å². The van der Waals surface area contributed by atoms with Crippen molar-refractivity contribution in [3.05, 3.63) is 65.7 Å². The van der Waals surface area contributed by atoms with Crippen molar-refractivity contribution in [1.82, 2.24) is 9.62 Å². The lowest BCUT2D eigenvalue weighted by atomic mass is 10.1. The summed E-state index contributed by atoms with van der Waals surface area (Å²) in [6, 6.07) is 16.6. The first-order chi connectivity index (χ1) is 11.9. The third-order valence-electron chi connectivity index (χ3n) is 3.95. The Morgan fingerprint density at radius 1 is 1.12 bits per heavy atom. The van der Waals surface area contributed by atoms with Crippen molar-refractivity contribution in [3.8, 4) is 0 Å². The van der Waals surface area contributed by atoms with Gasteiger partial charge in [0.2, 0.25) is 10.0 Å². The number of sulfonamides is 1. The molecular weight excluding hydrogens is 336 g/mol. The molecule has 0 amide bonds. The Balaban J connectivity index is 1.81. The second-order valence-corrected chi connectivity index (χ2v) is 7.99. The van der Waals surface area contributed by atoms with E-state index in [4.69, 9.17) is 0 Å². The lowest BCUT2D eigenvalue weighted by Crippen LogP contribution is -2.28. The molecule has 5 nitrogen and oxygen atoms in total. The largest absolute Gasteiger partial charge is 0.389 e. The van der Waals surface area contributed by atoms with Crippen molar-refractivity contribution in [2.24, 2.45) is 0 Å². The first kappa shape index (κ1) is 19.6. The van der Waals surface area contributed by atoms with E-state index in [1.807, 2.05) is 25.2 Å². The number of rotatable bonds is 9. The van der Waals surface area contributed by atoms with Gasteiger partial charge in [-0.3, -0.25) is 0 Å². The normalized spacial score (nSPS) is 13.1. The number of hydrogen-bond donors (Lipinski definition) is 2. The van der Waals surface area contributed by atoms with Crippen LogP contribution in [0.15, 0.2) is 59.5 Å². The minimum Gasteiger partial charge on any atom is -0.389 e. The molecule has 0 spiro atoms. The van der Waals surface area contributed by atoms with Crippen LogP contribution >= 0.6 is 0 Å². The van der Waals surface area contributed by atoms with E-state index < -0.39 is 16.1 Å². The molecule has 0 saturated carbocycles. The van der Waals surface area contributed by atoms with E-state index in [0.29, 0.717) is 12.1 Å². The van der Waals surface area contributed by atoms with Crippen molar-refractivity contribution in [2.45, 2.75) is 30.9 Å². The SMILES string of the molecule is CC(O)c1cccc(S(=O)(=O)NCCCN(C)Cc2ccccc2)c1. The Morgan fingerprint density at radius 2 is 1.84 bits per heavy atom. The second-order valence-electron chi connectivity index (χ2n) is 6.22. The van der Waals surface area contributed by atoms with Gasteiger partial charge in [0, 0.05) is 13.1 Å². The molecule has 1 unspecified atom stereocenters. The van der Waals surface area contributed by atoms with Crippen LogP contribution in [0.4, 0.5) is 0 Å². The number of hydrogen-bond acceptors (Lipinski definition) is 4. The van der Waals surface area contributed by atoms with Crippen LogP contribution in [0.3, 0.4) is 0 Å². The molecule has 0 bridgehead atoms. The second kappa shape index (κ2) is 9.10. The molecule has 0 fully saturated rings. The Bertz CT molecular complexity index is 761. The molecule has 0 aliphatic heterocycles. The monoisotopic (exact) mass is 362 g/mol. The maximum atomic E-state index is 12.3. The number of aliphatic hydroxyl groups is 1. The molecule has 1 atom stereocenters. The quantitative estimate of drug-likeness (QED) is 0.673. The van der Waals surface area contributed by atoms with Crippen LogP contribution in [0.25, 0.3) is 0 Å². The third-order valence-corrected chi connectivity index (χ3v) is 5.41. The van der Waals surface area contributed by atoms with Crippen LogP contribution in [-0.4, -0.2) is 38.6 Å². The summed E-state index contributed by atoms with van der Waals surface area (Å²) in [5.41, 5.74) is 1.82. The molecule has 0 heterocycles. The molecular formula is C19H26N2O3S. The van der Waals surface area contributed by atoms with E-state index in [0.717, 1.165) is 19.5 Å². The van der Waals surface area contributed by atoms with E-state index in [-0.39, 0.29) is 4.90 Å². The van der Waals surface area contributed by atoms with Gasteiger partial charge >= 0.3 is 0 Å². The molecule has 2 rings (SSSR count). The molecule has 2 aromatic rings. The molecule has 136 valence electrons. The Kier molecular flexibility index (Phi) is 7.13. The zero-order valence-electron chi connectivity index (χ0n) is 14.7. The van der Waals surface area contributed by atoms with Crippen molar-refractivity contribution in [1.29, 1.82) is 0 Å². The third kappa shape index (κ3) is 6.25. The molecule has 0 radical (unpaired) electrons. The molecule has 0 saturated heterocycles. The molecule has 6 heteroatoms. The predicted octanol–water partition coefficient (Wildman–Crippen LogP) is 2.54. The van der Waals surface area contributed by atoms with E-state index in [2.05, 4.69) is 21.8 Å². The topological polar surface area (TPSA) is 69.6 Å². The van der Waals surface area contributed by atoms with Crippen LogP contribution in [0, 0.1) is 0 Å². The molecule has 0 aliphatic rings. The van der Waals surface area contributed by atoms with Crippen molar-refractivity contribution in [3.63, 3.8) is 0 Å². The van der Waals surface area contributed by atoms with Gasteiger partial charge in [-0.25, -0.2) is 13.1 Å². The Morgan fingerprint density at radius 3 is 2.52 bits per heavy atom. The summed E-state index contributed by atoms with van der Waals surface area (Å²) >= 11 is 0. The highest BCUT2D eigenvalue weighted by molar-refractivity contribution is 7.89. The minimum absolute atomic E-state index is 0.184. The lowest BCUT2D eigenvalue weighted by Gasteiger charge is -2.17. The molecule has 0 aromatic heterocycles. The predicted molar refractivity (Wildman–Crippen MR) is 99.7 cm³/mol. The van der Waals surface area contributed by atoms with E-state index in [1.54, 1.807) is 19.1 Å². The molecule has 2 aromatic carbocycles. The van der Waals surface area contributed by atoms with E-state index in [1.165, 1.54) is 17.7 Å². The van der Waals surface area contributed by atoms with Gasteiger partial charge in [-0.2, -0.15) is 0 Å². The van der Waals surface area contributed by atoms with Gasteiger partial charge in [0.05, 0.1) is 11.0 Å². The summed E-state index contributed by atoms with van der Waals surface area (Å²) in [4.78, 5) is 2.35. The van der Waals surface area contributed by atoms with Crippen LogP contribution in [0.2, 0.25) is 0 Å². The van der Waals surface area contributed by atoms with Gasteiger partial charge in [-0.1, -0.05) is 42.5 Å². The van der Waals surface area contributed by atoms with E-state index in [9.17, 15) is 13.5 Å². The molecule has 0 aliphatic carbocycles. The number of nitrogens with zero attached hydrogens (tertiary/aromatic N) is 1. The fourth-order valence-electron chi connectivity index (χ4n) is 2.55. The summed E-state index contributed by atoms with van der Waals surface area (Å²) in [7, 11) is -1.53. The maximum absolute atomic E-state index is 12.3. The van der Waals surface area contributed by atoms with E-state index >= 15 is 0 Å². The van der Waals surface area contributed by atoms with Gasteiger partial charge in [-0.05, 0) is 50.2 Å². The highest BCUT2D eigenvalue weighted by Gasteiger charge is 2.14. The highest BCUT2D eigenvalue weighted by Crippen LogP contribution is 2.17. The number of nitrogens with one attached hydrogen (secondary N) is 1. The van der Waals surface area contributed by atoms with Crippen LogP contribution in [0.1, 0.15) is 30.6 Å². The zero-order valence-corrected chi connectivity index (χ0v) is 15.5. The molecule has 25 heavy (non-hydrogen) atoms. The minimum atomic E-state index is -3.55.